The fraction of sp³-hybridized carbons (Fsp3) is 0.0909. The summed E-state index contributed by atoms with van der Waals surface area (Å²) in [6.45, 7) is 2.03. The predicted octanol–water partition coefficient (Wildman–Crippen LogP) is 3.48. The second kappa shape index (κ2) is 5.18. The molecule has 0 bridgehead atoms. The Labute approximate surface area is 121 Å². The number of benzene rings is 1. The lowest BCUT2D eigenvalue weighted by atomic mass is 10.2. The van der Waals surface area contributed by atoms with Crippen LogP contribution in [0.25, 0.3) is 0 Å². The maximum atomic E-state index is 5.66. The number of nitrogens with one attached hydrogen (secondary N) is 1. The lowest BCUT2D eigenvalue weighted by Gasteiger charge is -2.09. The molecule has 0 saturated heterocycles. The average molecular weight is 405 g/mol. The van der Waals surface area contributed by atoms with Gasteiger partial charge in [0.1, 0.15) is 10.4 Å². The Kier molecular flexibility index (Phi) is 3.82. The Morgan fingerprint density at radius 1 is 1.29 bits per heavy atom. The standard InChI is InChI=1S/C11H10BrIN4/c1-6-2-3-7(13)4-8(6)15-11-16-9(12)5-10(14)17-11/h2-5H,1H3,(H3,14,15,16,17). The van der Waals surface area contributed by atoms with Crippen LogP contribution in [0.3, 0.4) is 0 Å². The minimum atomic E-state index is 0.428. The molecule has 0 atom stereocenters. The molecule has 0 saturated carbocycles. The van der Waals surface area contributed by atoms with Crippen LogP contribution in [0.5, 0.6) is 0 Å². The van der Waals surface area contributed by atoms with Gasteiger partial charge in [-0.3, -0.25) is 0 Å². The highest BCUT2D eigenvalue weighted by Crippen LogP contribution is 2.22. The number of nitrogens with two attached hydrogens (primary N) is 1. The van der Waals surface area contributed by atoms with Gasteiger partial charge in [-0.25, -0.2) is 4.98 Å². The van der Waals surface area contributed by atoms with Crippen LogP contribution in [0.15, 0.2) is 28.9 Å². The quantitative estimate of drug-likeness (QED) is 0.594. The molecule has 1 aromatic carbocycles. The zero-order valence-electron chi connectivity index (χ0n) is 9.04. The van der Waals surface area contributed by atoms with Crippen LogP contribution in [0.1, 0.15) is 5.56 Å². The van der Waals surface area contributed by atoms with Crippen LogP contribution >= 0.6 is 38.5 Å². The first-order chi connectivity index (χ1) is 8.04. The molecule has 0 aliphatic carbocycles. The van der Waals surface area contributed by atoms with E-state index in [2.05, 4.69) is 59.9 Å². The third-order valence-corrected chi connectivity index (χ3v) is 3.24. The molecule has 1 aromatic heterocycles. The number of nitrogen functional groups attached to an aromatic ring is 1. The molecular formula is C11H10BrIN4. The van der Waals surface area contributed by atoms with Gasteiger partial charge in [-0.2, -0.15) is 4.98 Å². The molecule has 2 rings (SSSR count). The van der Waals surface area contributed by atoms with Crippen molar-refractivity contribution in [2.24, 2.45) is 0 Å². The van der Waals surface area contributed by atoms with Crippen LogP contribution in [0, 0.1) is 10.5 Å². The Balaban J connectivity index is 2.34. The fourth-order valence-electron chi connectivity index (χ4n) is 1.34. The maximum Gasteiger partial charge on any atom is 0.230 e. The third-order valence-electron chi connectivity index (χ3n) is 2.16. The number of aromatic nitrogens is 2. The highest BCUT2D eigenvalue weighted by Gasteiger charge is 2.04. The second-order valence-corrected chi connectivity index (χ2v) is 5.58. The van der Waals surface area contributed by atoms with E-state index in [9.17, 15) is 0 Å². The molecular weight excluding hydrogens is 395 g/mol. The van der Waals surface area contributed by atoms with Crippen molar-refractivity contribution < 1.29 is 0 Å². The van der Waals surface area contributed by atoms with E-state index in [1.807, 2.05) is 19.1 Å². The molecule has 17 heavy (non-hydrogen) atoms. The molecule has 0 spiro atoms. The first kappa shape index (κ1) is 12.6. The van der Waals surface area contributed by atoms with Gasteiger partial charge in [0.2, 0.25) is 5.95 Å². The van der Waals surface area contributed by atoms with E-state index >= 15 is 0 Å². The summed E-state index contributed by atoms with van der Waals surface area (Å²) in [5.74, 6) is 0.916. The number of hydrogen-bond acceptors (Lipinski definition) is 4. The van der Waals surface area contributed by atoms with E-state index in [1.165, 1.54) is 0 Å². The van der Waals surface area contributed by atoms with E-state index in [1.54, 1.807) is 6.07 Å². The number of nitrogens with zero attached hydrogens (tertiary/aromatic N) is 2. The zero-order valence-corrected chi connectivity index (χ0v) is 12.8. The molecule has 0 aliphatic rings. The Hall–Kier alpha value is -0.890. The van der Waals surface area contributed by atoms with Crippen LogP contribution in [-0.2, 0) is 0 Å². The zero-order chi connectivity index (χ0) is 12.4. The minimum absolute atomic E-state index is 0.428. The summed E-state index contributed by atoms with van der Waals surface area (Å²) in [4.78, 5) is 8.34. The summed E-state index contributed by atoms with van der Waals surface area (Å²) in [5.41, 5.74) is 7.77. The summed E-state index contributed by atoms with van der Waals surface area (Å²) < 4.78 is 1.81. The van der Waals surface area contributed by atoms with Gasteiger partial charge in [0.05, 0.1) is 0 Å². The van der Waals surface area contributed by atoms with Crippen molar-refractivity contribution in [3.63, 3.8) is 0 Å². The highest BCUT2D eigenvalue weighted by atomic mass is 127. The molecule has 2 aromatic rings. The van der Waals surface area contributed by atoms with Crippen LogP contribution in [-0.4, -0.2) is 9.97 Å². The number of anilines is 3. The average Bonchev–Trinajstić information content (AvgIpc) is 2.22. The number of halogens is 2. The molecule has 88 valence electrons. The number of rotatable bonds is 2. The van der Waals surface area contributed by atoms with Gasteiger partial charge in [0, 0.05) is 15.3 Å². The van der Waals surface area contributed by atoms with Crippen molar-refractivity contribution >= 4 is 56.0 Å². The van der Waals surface area contributed by atoms with E-state index in [0.717, 1.165) is 14.8 Å². The molecule has 0 radical (unpaired) electrons. The second-order valence-electron chi connectivity index (χ2n) is 3.52. The van der Waals surface area contributed by atoms with Crippen molar-refractivity contribution in [3.05, 3.63) is 38.0 Å². The Morgan fingerprint density at radius 3 is 2.76 bits per heavy atom. The first-order valence-corrected chi connectivity index (χ1v) is 6.75. The number of aryl methyl sites for hydroxylation is 1. The molecule has 3 N–H and O–H groups in total. The normalized spacial score (nSPS) is 10.3. The topological polar surface area (TPSA) is 63.8 Å². The van der Waals surface area contributed by atoms with Gasteiger partial charge in [0.25, 0.3) is 0 Å². The minimum Gasteiger partial charge on any atom is -0.383 e. The third kappa shape index (κ3) is 3.29. The molecule has 0 amide bonds. The molecule has 4 nitrogen and oxygen atoms in total. The van der Waals surface area contributed by atoms with Gasteiger partial charge in [-0.15, -0.1) is 0 Å². The van der Waals surface area contributed by atoms with Crippen molar-refractivity contribution in [1.82, 2.24) is 9.97 Å². The van der Waals surface area contributed by atoms with Gasteiger partial charge in [-0.05, 0) is 63.1 Å². The van der Waals surface area contributed by atoms with Crippen molar-refractivity contribution in [2.75, 3.05) is 11.1 Å². The van der Waals surface area contributed by atoms with E-state index in [4.69, 9.17) is 5.73 Å². The SMILES string of the molecule is Cc1ccc(I)cc1Nc1nc(N)cc(Br)n1. The molecule has 0 unspecified atom stereocenters. The lowest BCUT2D eigenvalue weighted by molar-refractivity contribution is 1.14. The van der Waals surface area contributed by atoms with Gasteiger partial charge < -0.3 is 11.1 Å². The monoisotopic (exact) mass is 404 g/mol. The smallest absolute Gasteiger partial charge is 0.230 e. The van der Waals surface area contributed by atoms with E-state index < -0.39 is 0 Å². The Morgan fingerprint density at radius 2 is 2.06 bits per heavy atom. The summed E-state index contributed by atoms with van der Waals surface area (Å²) in [5, 5.41) is 3.16. The summed E-state index contributed by atoms with van der Waals surface area (Å²) >= 11 is 5.55. The summed E-state index contributed by atoms with van der Waals surface area (Å²) in [7, 11) is 0. The van der Waals surface area contributed by atoms with Crippen molar-refractivity contribution in [3.8, 4) is 0 Å². The van der Waals surface area contributed by atoms with Crippen LogP contribution in [0.4, 0.5) is 17.5 Å². The largest absolute Gasteiger partial charge is 0.383 e. The van der Waals surface area contributed by atoms with Gasteiger partial charge >= 0.3 is 0 Å². The molecule has 0 aliphatic heterocycles. The van der Waals surface area contributed by atoms with Crippen LogP contribution < -0.4 is 11.1 Å². The van der Waals surface area contributed by atoms with Crippen molar-refractivity contribution in [1.29, 1.82) is 0 Å². The van der Waals surface area contributed by atoms with Gasteiger partial charge in [-0.1, -0.05) is 6.07 Å². The van der Waals surface area contributed by atoms with Gasteiger partial charge in [0.15, 0.2) is 0 Å². The fourth-order valence-corrected chi connectivity index (χ4v) is 2.23. The first-order valence-electron chi connectivity index (χ1n) is 4.88. The highest BCUT2D eigenvalue weighted by molar-refractivity contribution is 14.1. The summed E-state index contributed by atoms with van der Waals surface area (Å²) in [6.07, 6.45) is 0. The predicted molar refractivity (Wildman–Crippen MR) is 81.3 cm³/mol. The molecule has 6 heteroatoms. The Bertz CT molecular complexity index is 539. The molecule has 0 fully saturated rings. The van der Waals surface area contributed by atoms with E-state index in [-0.39, 0.29) is 0 Å². The van der Waals surface area contributed by atoms with Crippen LogP contribution in [0.2, 0.25) is 0 Å². The number of hydrogen-bond donors (Lipinski definition) is 2. The molecule has 1 heterocycles. The maximum absolute atomic E-state index is 5.66. The van der Waals surface area contributed by atoms with Crippen molar-refractivity contribution in [2.45, 2.75) is 6.92 Å². The lowest BCUT2D eigenvalue weighted by Crippen LogP contribution is -2.01. The summed E-state index contributed by atoms with van der Waals surface area (Å²) in [6, 6.07) is 7.80. The van der Waals surface area contributed by atoms with E-state index in [0.29, 0.717) is 16.4 Å².